The molecule has 12 heteroatoms. The average Bonchev–Trinajstić information content (AvgIpc) is 3.71. The summed E-state index contributed by atoms with van der Waals surface area (Å²) in [6.07, 6.45) is 9.20. The lowest BCUT2D eigenvalue weighted by Gasteiger charge is -2.48. The predicted octanol–water partition coefficient (Wildman–Crippen LogP) is 4.83. The first kappa shape index (κ1) is 39.4. The van der Waals surface area contributed by atoms with Crippen LogP contribution in [0.5, 0.6) is 0 Å². The molecule has 0 aromatic carbocycles. The van der Waals surface area contributed by atoms with Gasteiger partial charge in [0.05, 0.1) is 16.0 Å². The summed E-state index contributed by atoms with van der Waals surface area (Å²) >= 11 is 0. The van der Waals surface area contributed by atoms with Gasteiger partial charge in [0.25, 0.3) is 0 Å². The molecule has 0 spiro atoms. The number of amides is 5. The Labute approximate surface area is 295 Å². The lowest BCUT2D eigenvalue weighted by atomic mass is 9.55. The summed E-state index contributed by atoms with van der Waals surface area (Å²) < 4.78 is 25.7. The highest BCUT2D eigenvalue weighted by Crippen LogP contribution is 2.57. The first-order valence-electron chi connectivity index (χ1n) is 18.8. The molecule has 3 aliphatic carbocycles. The summed E-state index contributed by atoms with van der Waals surface area (Å²) in [5, 5.41) is 12.2. The minimum atomic E-state index is -3.53. The van der Waals surface area contributed by atoms with E-state index in [1.54, 1.807) is 25.7 Å². The monoisotopic (exact) mass is 707 g/mol. The van der Waals surface area contributed by atoms with Gasteiger partial charge in [-0.15, -0.1) is 0 Å². The Balaban J connectivity index is 1.54. The van der Waals surface area contributed by atoms with E-state index in [0.29, 0.717) is 25.8 Å². The van der Waals surface area contributed by atoms with Crippen molar-refractivity contribution >= 4 is 33.6 Å². The minimum absolute atomic E-state index is 0.00590. The van der Waals surface area contributed by atoms with Gasteiger partial charge in [-0.25, -0.2) is 13.2 Å². The molecule has 3 saturated carbocycles. The number of carbonyl (C=O) groups is 4. The molecule has 49 heavy (non-hydrogen) atoms. The first-order chi connectivity index (χ1) is 22.6. The molecule has 5 unspecified atom stereocenters. The molecule has 5 amide bonds. The largest absolute Gasteiger partial charge is 0.353 e. The molecule has 280 valence electrons. The zero-order valence-electron chi connectivity index (χ0n) is 31.7. The fourth-order valence-electron chi connectivity index (χ4n) is 8.19. The molecule has 1 saturated heterocycles. The van der Waals surface area contributed by atoms with Gasteiger partial charge >= 0.3 is 6.03 Å². The van der Waals surface area contributed by atoms with Crippen LogP contribution in [-0.2, 0) is 24.2 Å². The standard InChI is InChI=1S/C37H65N5O6S/c1-10-11-15-25(20-28(43)38-24-16-17-24)39-31(44)29-26-21-36(8,9)27(26)22-42(29)32(45)30(34(2,3)4)40-33(46)41-37(18-13-12-14-19-37)23-49(47,48)35(5,6)7/h24-27,29-30H,10-23H2,1-9H3,(H,38,43)(H,39,44)(H2,40,41,46). The van der Waals surface area contributed by atoms with Crippen LogP contribution < -0.4 is 21.3 Å². The van der Waals surface area contributed by atoms with Crippen LogP contribution in [0.4, 0.5) is 4.79 Å². The summed E-state index contributed by atoms with van der Waals surface area (Å²) in [6.45, 7) is 17.5. The minimum Gasteiger partial charge on any atom is -0.353 e. The molecular weight excluding hydrogens is 643 g/mol. The second-order valence-electron chi connectivity index (χ2n) is 18.4. The molecule has 4 rings (SSSR count). The van der Waals surface area contributed by atoms with Crippen LogP contribution in [0.3, 0.4) is 0 Å². The van der Waals surface area contributed by atoms with Crippen molar-refractivity contribution in [3.05, 3.63) is 0 Å². The quantitative estimate of drug-likeness (QED) is 0.215. The second kappa shape index (κ2) is 14.7. The van der Waals surface area contributed by atoms with Crippen LogP contribution in [0.1, 0.15) is 139 Å². The number of carbonyl (C=O) groups excluding carboxylic acids is 4. The molecule has 4 N–H and O–H groups in total. The predicted molar refractivity (Wildman–Crippen MR) is 192 cm³/mol. The number of hydrogen-bond acceptors (Lipinski definition) is 6. The number of nitrogens with one attached hydrogen (secondary N) is 4. The third kappa shape index (κ3) is 9.50. The SMILES string of the molecule is CCCCC(CC(=O)NC1CC1)NC(=O)C1C2CC(C)(C)C2CN1C(=O)C(NC(=O)NC1(CS(=O)(=O)C(C)(C)C)CCCCC1)C(C)(C)C. The summed E-state index contributed by atoms with van der Waals surface area (Å²) in [6, 6.07) is -2.30. The van der Waals surface area contributed by atoms with Crippen LogP contribution in [0.2, 0.25) is 0 Å². The molecule has 0 bridgehead atoms. The van der Waals surface area contributed by atoms with E-state index >= 15 is 0 Å². The van der Waals surface area contributed by atoms with Crippen molar-refractivity contribution in [3.63, 3.8) is 0 Å². The van der Waals surface area contributed by atoms with Gasteiger partial charge in [-0.05, 0) is 82.0 Å². The van der Waals surface area contributed by atoms with E-state index in [1.165, 1.54) is 0 Å². The highest BCUT2D eigenvalue weighted by Gasteiger charge is 2.61. The van der Waals surface area contributed by atoms with Crippen LogP contribution >= 0.6 is 0 Å². The summed E-state index contributed by atoms with van der Waals surface area (Å²) in [7, 11) is -3.53. The van der Waals surface area contributed by atoms with Crippen molar-refractivity contribution in [3.8, 4) is 0 Å². The number of fused-ring (bicyclic) bond motifs is 1. The maximum absolute atomic E-state index is 14.6. The molecule has 5 atom stereocenters. The fourth-order valence-corrected chi connectivity index (χ4v) is 9.71. The Morgan fingerprint density at radius 1 is 0.939 bits per heavy atom. The number of likely N-dealkylation sites (tertiary alicyclic amines) is 1. The second-order valence-corrected chi connectivity index (χ2v) is 21.1. The Morgan fingerprint density at radius 3 is 2.10 bits per heavy atom. The van der Waals surface area contributed by atoms with Crippen molar-refractivity contribution in [2.24, 2.45) is 22.7 Å². The van der Waals surface area contributed by atoms with Gasteiger partial charge in [0, 0.05) is 25.0 Å². The molecule has 0 radical (unpaired) electrons. The van der Waals surface area contributed by atoms with E-state index in [0.717, 1.165) is 51.4 Å². The Morgan fingerprint density at radius 2 is 1.57 bits per heavy atom. The van der Waals surface area contributed by atoms with Gasteiger partial charge in [-0.2, -0.15) is 0 Å². The lowest BCUT2D eigenvalue weighted by Crippen LogP contribution is -2.63. The van der Waals surface area contributed by atoms with Gasteiger partial charge in [-0.3, -0.25) is 14.4 Å². The highest BCUT2D eigenvalue weighted by atomic mass is 32.2. The highest BCUT2D eigenvalue weighted by molar-refractivity contribution is 7.92. The molecule has 0 aromatic rings. The number of nitrogens with zero attached hydrogens (tertiary/aromatic N) is 1. The van der Waals surface area contributed by atoms with Crippen molar-refractivity contribution in [1.82, 2.24) is 26.2 Å². The van der Waals surface area contributed by atoms with Crippen LogP contribution in [0.25, 0.3) is 0 Å². The van der Waals surface area contributed by atoms with Gasteiger partial charge in [0.15, 0.2) is 9.84 Å². The molecule has 4 aliphatic rings. The van der Waals surface area contributed by atoms with Crippen LogP contribution in [0.15, 0.2) is 0 Å². The van der Waals surface area contributed by atoms with E-state index < -0.39 is 43.7 Å². The summed E-state index contributed by atoms with van der Waals surface area (Å²) in [4.78, 5) is 57.0. The molecule has 11 nitrogen and oxygen atoms in total. The van der Waals surface area contributed by atoms with Gasteiger partial charge in [0.1, 0.15) is 12.1 Å². The number of unbranched alkanes of at least 4 members (excludes halogenated alkanes) is 1. The smallest absolute Gasteiger partial charge is 0.315 e. The van der Waals surface area contributed by atoms with Crippen molar-refractivity contribution in [1.29, 1.82) is 0 Å². The molecule has 0 aromatic heterocycles. The normalized spacial score (nSPS) is 26.1. The molecular formula is C37H65N5O6S. The van der Waals surface area contributed by atoms with Crippen LogP contribution in [-0.4, -0.2) is 83.8 Å². The molecule has 1 aliphatic heterocycles. The van der Waals surface area contributed by atoms with Crippen molar-refractivity contribution in [2.75, 3.05) is 12.3 Å². The van der Waals surface area contributed by atoms with E-state index in [1.807, 2.05) is 20.8 Å². The van der Waals surface area contributed by atoms with Crippen molar-refractivity contribution < 1.29 is 27.6 Å². The van der Waals surface area contributed by atoms with E-state index in [-0.39, 0.29) is 59.2 Å². The summed E-state index contributed by atoms with van der Waals surface area (Å²) in [5.41, 5.74) is -1.65. The number of sulfone groups is 1. The molecule has 4 fully saturated rings. The fraction of sp³-hybridized carbons (Fsp3) is 0.892. The summed E-state index contributed by atoms with van der Waals surface area (Å²) in [5.74, 6) is -0.627. The topological polar surface area (TPSA) is 154 Å². The van der Waals surface area contributed by atoms with E-state index in [9.17, 15) is 27.6 Å². The van der Waals surface area contributed by atoms with E-state index in [2.05, 4.69) is 42.0 Å². The third-order valence-electron chi connectivity index (χ3n) is 11.6. The average molecular weight is 708 g/mol. The first-order valence-corrected chi connectivity index (χ1v) is 20.5. The Bertz CT molecular complexity index is 1340. The van der Waals surface area contributed by atoms with Gasteiger partial charge in [0.2, 0.25) is 17.7 Å². The zero-order chi connectivity index (χ0) is 36.6. The zero-order valence-corrected chi connectivity index (χ0v) is 32.5. The lowest BCUT2D eigenvalue weighted by molar-refractivity contribution is -0.143. The number of rotatable bonds is 13. The van der Waals surface area contributed by atoms with Crippen LogP contribution in [0, 0.1) is 22.7 Å². The Hall–Kier alpha value is -2.37. The van der Waals surface area contributed by atoms with Gasteiger partial charge in [-0.1, -0.05) is 73.6 Å². The van der Waals surface area contributed by atoms with Crippen molar-refractivity contribution in [2.45, 2.75) is 174 Å². The van der Waals surface area contributed by atoms with E-state index in [4.69, 9.17) is 0 Å². The molecule has 1 heterocycles. The Kier molecular flexibility index (Phi) is 11.8. The maximum Gasteiger partial charge on any atom is 0.315 e. The third-order valence-corrected chi connectivity index (χ3v) is 14.4. The van der Waals surface area contributed by atoms with Gasteiger partial charge < -0.3 is 26.2 Å². The number of urea groups is 1. The number of hydrogen-bond donors (Lipinski definition) is 4. The maximum atomic E-state index is 14.6.